The third-order valence-electron chi connectivity index (χ3n) is 0.354. The molecule has 9 heavy (non-hydrogen) atoms. The first-order chi connectivity index (χ1) is 3.65. The van der Waals surface area contributed by atoms with Gasteiger partial charge in [-0.3, -0.25) is 4.79 Å². The average molecular weight is 159 g/mol. The number of carboxylic acid groups (broad SMARTS) is 1. The fourth-order valence-corrected chi connectivity index (χ4v) is 0. The van der Waals surface area contributed by atoms with Crippen molar-refractivity contribution in [2.24, 2.45) is 0 Å². The predicted molar refractivity (Wildman–Crippen MR) is 40.1 cm³/mol. The van der Waals surface area contributed by atoms with Gasteiger partial charge in [0.2, 0.25) is 0 Å². The van der Waals surface area contributed by atoms with Gasteiger partial charge in [-0.1, -0.05) is 6.92 Å². The first-order valence-electron chi connectivity index (χ1n) is 2.49. The van der Waals surface area contributed by atoms with Gasteiger partial charge in [-0.05, 0) is 13.6 Å². The molecule has 0 aromatic carbocycles. The van der Waals surface area contributed by atoms with Crippen LogP contribution in [0.2, 0.25) is 0 Å². The molecular formula is C5H14KNO2. The predicted octanol–water partition coefficient (Wildman–Crippen LogP) is -0.332. The van der Waals surface area contributed by atoms with E-state index in [1.807, 2.05) is 7.05 Å². The van der Waals surface area contributed by atoms with Gasteiger partial charge in [-0.2, -0.15) is 0 Å². The molecule has 0 heterocycles. The third-order valence-corrected chi connectivity index (χ3v) is 0.354. The Balaban J connectivity index is -0.0000000720. The van der Waals surface area contributed by atoms with E-state index in [1.54, 1.807) is 0 Å². The van der Waals surface area contributed by atoms with Crippen LogP contribution >= 0.6 is 0 Å². The minimum absolute atomic E-state index is 0. The molecule has 0 aromatic heterocycles. The monoisotopic (exact) mass is 159 g/mol. The molecule has 3 nitrogen and oxygen atoms in total. The summed E-state index contributed by atoms with van der Waals surface area (Å²) in [7, 11) is 1.93. The summed E-state index contributed by atoms with van der Waals surface area (Å²) in [6, 6.07) is 0. The van der Waals surface area contributed by atoms with Gasteiger partial charge < -0.3 is 10.4 Å². The van der Waals surface area contributed by atoms with Crippen molar-refractivity contribution in [1.82, 2.24) is 5.32 Å². The Morgan fingerprint density at radius 1 is 1.67 bits per heavy atom. The molecule has 0 amide bonds. The summed E-state index contributed by atoms with van der Waals surface area (Å²) in [5, 5.41) is 10.3. The number of nitrogens with one attached hydrogen (secondary N) is 1. The minimum atomic E-state index is -0.833. The zero-order valence-electron chi connectivity index (χ0n) is 5.56. The SMILES string of the molecule is CC(=O)O.CCNC.[KH]. The van der Waals surface area contributed by atoms with Crippen molar-refractivity contribution < 1.29 is 9.90 Å². The molecule has 2 N–H and O–H groups in total. The zero-order chi connectivity index (χ0) is 6.99. The molecule has 0 unspecified atom stereocenters. The van der Waals surface area contributed by atoms with Crippen molar-refractivity contribution in [1.29, 1.82) is 0 Å². The van der Waals surface area contributed by atoms with Gasteiger partial charge in [0.05, 0.1) is 0 Å². The van der Waals surface area contributed by atoms with Crippen LogP contribution in [-0.2, 0) is 4.79 Å². The fraction of sp³-hybridized carbons (Fsp3) is 0.800. The first-order valence-corrected chi connectivity index (χ1v) is 2.49. The number of hydrogen-bond donors (Lipinski definition) is 2. The first kappa shape index (κ1) is 16.6. The molecular weight excluding hydrogens is 145 g/mol. The van der Waals surface area contributed by atoms with E-state index in [9.17, 15) is 0 Å². The normalized spacial score (nSPS) is 6.11. The van der Waals surface area contributed by atoms with E-state index in [0.717, 1.165) is 13.5 Å². The Morgan fingerprint density at radius 3 is 1.78 bits per heavy atom. The van der Waals surface area contributed by atoms with Gasteiger partial charge in [0.15, 0.2) is 0 Å². The number of carbonyl (C=O) groups is 1. The molecule has 0 aliphatic heterocycles. The standard InChI is InChI=1S/C3H9N.C2H4O2.K.H/c1-3-4-2;1-2(3)4;;/h4H,3H2,1-2H3;1H3,(H,3,4);;. The Kier molecular flexibility index (Phi) is 29.5. The Bertz CT molecular complexity index is 52.9. The van der Waals surface area contributed by atoms with Gasteiger partial charge in [-0.15, -0.1) is 0 Å². The summed E-state index contributed by atoms with van der Waals surface area (Å²) in [5.74, 6) is -0.833. The molecule has 0 spiro atoms. The van der Waals surface area contributed by atoms with Crippen LogP contribution in [0, 0.1) is 0 Å². The molecule has 4 heteroatoms. The molecule has 0 radical (unpaired) electrons. The van der Waals surface area contributed by atoms with E-state index in [4.69, 9.17) is 9.90 Å². The third kappa shape index (κ3) is 106. The number of hydrogen-bond acceptors (Lipinski definition) is 2. The van der Waals surface area contributed by atoms with Gasteiger partial charge in [0.1, 0.15) is 0 Å². The van der Waals surface area contributed by atoms with Gasteiger partial charge in [0.25, 0.3) is 5.97 Å². The van der Waals surface area contributed by atoms with Crippen molar-refractivity contribution in [3.63, 3.8) is 0 Å². The molecule has 0 rings (SSSR count). The molecule has 0 bridgehead atoms. The van der Waals surface area contributed by atoms with Crippen molar-refractivity contribution in [2.75, 3.05) is 13.6 Å². The van der Waals surface area contributed by atoms with Crippen LogP contribution in [-0.4, -0.2) is 76.1 Å². The molecule has 0 aromatic rings. The summed E-state index contributed by atoms with van der Waals surface area (Å²) in [6.07, 6.45) is 0. The quantitative estimate of drug-likeness (QED) is 0.515. The van der Waals surface area contributed by atoms with Crippen molar-refractivity contribution >= 4 is 57.4 Å². The topological polar surface area (TPSA) is 49.3 Å². The zero-order valence-corrected chi connectivity index (χ0v) is 5.56. The van der Waals surface area contributed by atoms with Crippen molar-refractivity contribution in [3.8, 4) is 0 Å². The molecule has 0 atom stereocenters. The summed E-state index contributed by atoms with van der Waals surface area (Å²) >= 11 is 0. The summed E-state index contributed by atoms with van der Waals surface area (Å²) < 4.78 is 0. The molecule has 0 saturated carbocycles. The Morgan fingerprint density at radius 2 is 1.78 bits per heavy atom. The van der Waals surface area contributed by atoms with Crippen LogP contribution in [0.15, 0.2) is 0 Å². The van der Waals surface area contributed by atoms with Gasteiger partial charge >= 0.3 is 51.4 Å². The second-order valence-electron chi connectivity index (χ2n) is 1.23. The molecule has 0 fully saturated rings. The van der Waals surface area contributed by atoms with Crippen LogP contribution in [0.1, 0.15) is 13.8 Å². The fourth-order valence-electron chi connectivity index (χ4n) is 0. The Hall–Kier alpha value is 1.07. The van der Waals surface area contributed by atoms with Crippen LogP contribution in [0.3, 0.4) is 0 Å². The van der Waals surface area contributed by atoms with E-state index in [2.05, 4.69) is 12.2 Å². The van der Waals surface area contributed by atoms with Crippen LogP contribution in [0.5, 0.6) is 0 Å². The van der Waals surface area contributed by atoms with E-state index in [1.165, 1.54) is 0 Å². The van der Waals surface area contributed by atoms with Crippen LogP contribution in [0.25, 0.3) is 0 Å². The molecule has 0 saturated heterocycles. The summed E-state index contributed by atoms with van der Waals surface area (Å²) in [5.41, 5.74) is 0. The molecule has 0 aliphatic rings. The molecule has 52 valence electrons. The van der Waals surface area contributed by atoms with E-state index in [-0.39, 0.29) is 51.4 Å². The Labute approximate surface area is 98.6 Å². The van der Waals surface area contributed by atoms with Gasteiger partial charge in [-0.25, -0.2) is 0 Å². The van der Waals surface area contributed by atoms with Gasteiger partial charge in [0, 0.05) is 6.92 Å². The number of rotatable bonds is 1. The molecule has 0 aliphatic carbocycles. The van der Waals surface area contributed by atoms with Crippen LogP contribution in [0.4, 0.5) is 0 Å². The van der Waals surface area contributed by atoms with Crippen molar-refractivity contribution in [3.05, 3.63) is 0 Å². The number of carboxylic acids is 1. The van der Waals surface area contributed by atoms with E-state index < -0.39 is 5.97 Å². The average Bonchev–Trinajstić information content (AvgIpc) is 1.65. The maximum absolute atomic E-state index is 9.00. The summed E-state index contributed by atoms with van der Waals surface area (Å²) in [6.45, 7) is 4.22. The van der Waals surface area contributed by atoms with Crippen molar-refractivity contribution in [2.45, 2.75) is 13.8 Å². The number of aliphatic carboxylic acids is 1. The summed E-state index contributed by atoms with van der Waals surface area (Å²) in [4.78, 5) is 9.00. The second kappa shape index (κ2) is 16.0. The van der Waals surface area contributed by atoms with E-state index >= 15 is 0 Å². The van der Waals surface area contributed by atoms with E-state index in [0.29, 0.717) is 0 Å². The second-order valence-corrected chi connectivity index (χ2v) is 1.23. The maximum atomic E-state index is 9.00. The van der Waals surface area contributed by atoms with Crippen LogP contribution < -0.4 is 5.32 Å².